The van der Waals surface area contributed by atoms with Crippen LogP contribution in [0.5, 0.6) is 0 Å². The number of amides is 1. The monoisotopic (exact) mass is 244 g/mol. The topological polar surface area (TPSA) is 55.1 Å². The average Bonchev–Trinajstić information content (AvgIpc) is 2.23. The number of nitrogens with two attached hydrogens (primary N) is 1. The van der Waals surface area contributed by atoms with Crippen molar-refractivity contribution in [2.75, 3.05) is 11.9 Å². The summed E-state index contributed by atoms with van der Waals surface area (Å²) in [4.78, 5) is 11.5. The Morgan fingerprint density at radius 3 is 2.94 bits per heavy atom. The average molecular weight is 245 g/mol. The Bertz CT molecular complexity index is 384. The van der Waals surface area contributed by atoms with Crippen molar-refractivity contribution in [3.8, 4) is 0 Å². The molecule has 0 saturated carbocycles. The van der Waals surface area contributed by atoms with Crippen molar-refractivity contribution in [3.05, 3.63) is 29.0 Å². The highest BCUT2D eigenvalue weighted by molar-refractivity contribution is 6.33. The maximum Gasteiger partial charge on any atom is 0.224 e. The third kappa shape index (κ3) is 3.79. The Labute approximate surface area is 98.8 Å². The predicted octanol–water partition coefficient (Wildman–Crippen LogP) is 2.40. The fourth-order valence-electron chi connectivity index (χ4n) is 1.19. The molecule has 0 spiro atoms. The first-order valence-electron chi connectivity index (χ1n) is 4.98. The number of halogens is 2. The lowest BCUT2D eigenvalue weighted by atomic mass is 10.1. The molecule has 3 N–H and O–H groups in total. The van der Waals surface area contributed by atoms with Gasteiger partial charge >= 0.3 is 0 Å². The first-order valence-corrected chi connectivity index (χ1v) is 5.35. The van der Waals surface area contributed by atoms with E-state index in [1.54, 1.807) is 0 Å². The van der Waals surface area contributed by atoms with Crippen LogP contribution in [0.3, 0.4) is 0 Å². The highest BCUT2D eigenvalue weighted by atomic mass is 35.5. The van der Waals surface area contributed by atoms with Gasteiger partial charge in [-0.2, -0.15) is 0 Å². The van der Waals surface area contributed by atoms with E-state index >= 15 is 0 Å². The number of benzene rings is 1. The van der Waals surface area contributed by atoms with Gasteiger partial charge in [0.15, 0.2) is 0 Å². The molecule has 1 unspecified atom stereocenters. The highest BCUT2D eigenvalue weighted by Gasteiger charge is 2.10. The maximum atomic E-state index is 12.9. The zero-order valence-electron chi connectivity index (χ0n) is 8.97. The SMILES string of the molecule is CC(CN)CC(=O)Nc1cc(F)ccc1Cl. The number of anilines is 1. The lowest BCUT2D eigenvalue weighted by Gasteiger charge is -2.10. The first kappa shape index (κ1) is 12.9. The van der Waals surface area contributed by atoms with E-state index in [9.17, 15) is 9.18 Å². The minimum absolute atomic E-state index is 0.0901. The molecule has 88 valence electrons. The second-order valence-electron chi connectivity index (χ2n) is 3.72. The zero-order valence-corrected chi connectivity index (χ0v) is 9.72. The summed E-state index contributed by atoms with van der Waals surface area (Å²) in [6, 6.07) is 3.83. The highest BCUT2D eigenvalue weighted by Crippen LogP contribution is 2.22. The molecule has 16 heavy (non-hydrogen) atoms. The zero-order chi connectivity index (χ0) is 12.1. The number of carbonyl (C=O) groups is 1. The molecule has 0 radical (unpaired) electrons. The molecule has 1 aromatic rings. The number of rotatable bonds is 4. The van der Waals surface area contributed by atoms with E-state index < -0.39 is 5.82 Å². The minimum Gasteiger partial charge on any atom is -0.330 e. The summed E-state index contributed by atoms with van der Waals surface area (Å²) in [6.07, 6.45) is 0.295. The third-order valence-electron chi connectivity index (χ3n) is 2.14. The largest absolute Gasteiger partial charge is 0.330 e. The van der Waals surface area contributed by atoms with Gasteiger partial charge in [-0.25, -0.2) is 4.39 Å². The van der Waals surface area contributed by atoms with Crippen molar-refractivity contribution in [1.29, 1.82) is 0 Å². The Balaban J connectivity index is 2.65. The molecule has 1 aromatic carbocycles. The van der Waals surface area contributed by atoms with E-state index in [1.165, 1.54) is 18.2 Å². The van der Waals surface area contributed by atoms with Crippen LogP contribution in [0.25, 0.3) is 0 Å². The molecule has 0 saturated heterocycles. The number of nitrogens with one attached hydrogen (secondary N) is 1. The van der Waals surface area contributed by atoms with E-state index in [1.807, 2.05) is 6.92 Å². The number of carbonyl (C=O) groups excluding carboxylic acids is 1. The molecule has 3 nitrogen and oxygen atoms in total. The van der Waals surface area contributed by atoms with Crippen LogP contribution in [0.1, 0.15) is 13.3 Å². The fourth-order valence-corrected chi connectivity index (χ4v) is 1.36. The van der Waals surface area contributed by atoms with Crippen molar-refractivity contribution in [1.82, 2.24) is 0 Å². The molecule has 0 aliphatic carbocycles. The molecular formula is C11H14ClFN2O. The van der Waals surface area contributed by atoms with Gasteiger partial charge in [0.2, 0.25) is 5.91 Å². The van der Waals surface area contributed by atoms with Crippen molar-refractivity contribution in [2.24, 2.45) is 11.7 Å². The predicted molar refractivity (Wildman–Crippen MR) is 62.9 cm³/mol. The van der Waals surface area contributed by atoms with Gasteiger partial charge in [0, 0.05) is 6.42 Å². The molecule has 0 heterocycles. The smallest absolute Gasteiger partial charge is 0.224 e. The Morgan fingerprint density at radius 1 is 1.62 bits per heavy atom. The van der Waals surface area contributed by atoms with Crippen molar-refractivity contribution in [3.63, 3.8) is 0 Å². The van der Waals surface area contributed by atoms with Gasteiger partial charge < -0.3 is 11.1 Å². The van der Waals surface area contributed by atoms with E-state index in [0.717, 1.165) is 0 Å². The van der Waals surface area contributed by atoms with Crippen LogP contribution in [0, 0.1) is 11.7 Å². The van der Waals surface area contributed by atoms with E-state index in [0.29, 0.717) is 18.0 Å². The van der Waals surface area contributed by atoms with Gasteiger partial charge in [-0.3, -0.25) is 4.79 Å². The van der Waals surface area contributed by atoms with Gasteiger partial charge in [0.05, 0.1) is 10.7 Å². The molecule has 0 aromatic heterocycles. The lowest BCUT2D eigenvalue weighted by Crippen LogP contribution is -2.20. The molecule has 0 fully saturated rings. The van der Waals surface area contributed by atoms with E-state index in [2.05, 4.69) is 5.32 Å². The Morgan fingerprint density at radius 2 is 2.31 bits per heavy atom. The first-order chi connectivity index (χ1) is 7.52. The van der Waals surface area contributed by atoms with Gasteiger partial charge in [-0.15, -0.1) is 0 Å². The number of hydrogen-bond donors (Lipinski definition) is 2. The van der Waals surface area contributed by atoms with Crippen LogP contribution < -0.4 is 11.1 Å². The maximum absolute atomic E-state index is 12.9. The van der Waals surface area contributed by atoms with Gasteiger partial charge in [0.25, 0.3) is 0 Å². The normalized spacial score (nSPS) is 12.2. The summed E-state index contributed by atoms with van der Waals surface area (Å²) < 4.78 is 12.9. The Hall–Kier alpha value is -1.13. The third-order valence-corrected chi connectivity index (χ3v) is 2.47. The molecule has 0 bridgehead atoms. The van der Waals surface area contributed by atoms with Crippen LogP contribution in [0.4, 0.5) is 10.1 Å². The second-order valence-corrected chi connectivity index (χ2v) is 4.12. The molecule has 1 amide bonds. The molecule has 1 atom stereocenters. The van der Waals surface area contributed by atoms with Crippen molar-refractivity contribution >= 4 is 23.2 Å². The van der Waals surface area contributed by atoms with Crippen LogP contribution in [-0.4, -0.2) is 12.5 Å². The van der Waals surface area contributed by atoms with Gasteiger partial charge in [0.1, 0.15) is 5.82 Å². The number of hydrogen-bond acceptors (Lipinski definition) is 2. The summed E-state index contributed by atoms with van der Waals surface area (Å²) in [5, 5.41) is 2.86. The standard InChI is InChI=1S/C11H14ClFN2O/c1-7(6-14)4-11(16)15-10-5-8(13)2-3-9(10)12/h2-3,5,7H,4,6,14H2,1H3,(H,15,16). The summed E-state index contributed by atoms with van der Waals surface area (Å²) in [6.45, 7) is 2.30. The molecule has 1 rings (SSSR count). The van der Waals surface area contributed by atoms with Crippen LogP contribution >= 0.6 is 11.6 Å². The van der Waals surface area contributed by atoms with Gasteiger partial charge in [-0.1, -0.05) is 18.5 Å². The molecular weight excluding hydrogens is 231 g/mol. The quantitative estimate of drug-likeness (QED) is 0.855. The summed E-state index contributed by atoms with van der Waals surface area (Å²) in [7, 11) is 0. The van der Waals surface area contributed by atoms with E-state index in [4.69, 9.17) is 17.3 Å². The Kier molecular flexibility index (Phi) is 4.71. The molecule has 5 heteroatoms. The summed E-state index contributed by atoms with van der Waals surface area (Å²) >= 11 is 5.80. The minimum atomic E-state index is -0.438. The molecule has 0 aliphatic rings. The fraction of sp³-hybridized carbons (Fsp3) is 0.364. The van der Waals surface area contributed by atoms with Crippen molar-refractivity contribution in [2.45, 2.75) is 13.3 Å². The molecule has 0 aliphatic heterocycles. The van der Waals surface area contributed by atoms with Gasteiger partial charge in [-0.05, 0) is 30.7 Å². The van der Waals surface area contributed by atoms with Crippen LogP contribution in [0.15, 0.2) is 18.2 Å². The summed E-state index contributed by atoms with van der Waals surface area (Å²) in [5.41, 5.74) is 5.69. The summed E-state index contributed by atoms with van der Waals surface area (Å²) in [5.74, 6) is -0.565. The van der Waals surface area contributed by atoms with Crippen LogP contribution in [-0.2, 0) is 4.79 Å². The van der Waals surface area contributed by atoms with Crippen LogP contribution in [0.2, 0.25) is 5.02 Å². The van der Waals surface area contributed by atoms with E-state index in [-0.39, 0.29) is 17.5 Å². The lowest BCUT2D eigenvalue weighted by molar-refractivity contribution is -0.116. The second kappa shape index (κ2) is 5.82. The van der Waals surface area contributed by atoms with Crippen molar-refractivity contribution < 1.29 is 9.18 Å².